The Kier molecular flexibility index (Phi) is 6.67. The molecule has 8 nitrogen and oxygen atoms in total. The molecule has 2 aromatic rings. The minimum atomic E-state index is -4.79. The van der Waals surface area contributed by atoms with Crippen molar-refractivity contribution in [1.82, 2.24) is 10.6 Å². The van der Waals surface area contributed by atoms with E-state index in [0.29, 0.717) is 16.6 Å². The number of nitrogens with zero attached hydrogens (tertiary/aromatic N) is 1. The molecule has 32 heavy (non-hydrogen) atoms. The summed E-state index contributed by atoms with van der Waals surface area (Å²) in [5, 5.41) is 15.7. The largest absolute Gasteiger partial charge is 0.448 e. The maximum atomic E-state index is 13.0. The van der Waals surface area contributed by atoms with Gasteiger partial charge >= 0.3 is 11.9 Å². The quantitative estimate of drug-likeness (QED) is 0.172. The number of hydrogen-bond acceptors (Lipinski definition) is 6. The lowest BCUT2D eigenvalue weighted by Gasteiger charge is -2.17. The molecule has 1 aliphatic rings. The number of benzene rings is 2. The average molecular weight is 595 g/mol. The van der Waals surface area contributed by atoms with Gasteiger partial charge in [0.1, 0.15) is 11.3 Å². The van der Waals surface area contributed by atoms with Gasteiger partial charge in [-0.05, 0) is 58.5 Å². The topological polar surface area (TPSA) is 111 Å². The van der Waals surface area contributed by atoms with Crippen molar-refractivity contribution in [3.8, 4) is 11.5 Å². The SMILES string of the molecule is O=C1NC(=S)NC(=O)C1=Cc1cc(Br)cc(Br)c1Oc1ccc(C(F)(F)F)cc1[N+](=O)[O-]. The van der Waals surface area contributed by atoms with Crippen LogP contribution >= 0.6 is 44.1 Å². The van der Waals surface area contributed by atoms with Crippen LogP contribution in [0.15, 0.2) is 44.9 Å². The van der Waals surface area contributed by atoms with Crippen LogP contribution in [-0.4, -0.2) is 21.9 Å². The number of alkyl halides is 3. The Morgan fingerprint density at radius 1 is 1.09 bits per heavy atom. The predicted molar refractivity (Wildman–Crippen MR) is 117 cm³/mol. The first-order valence-electron chi connectivity index (χ1n) is 8.27. The second-order valence-electron chi connectivity index (χ2n) is 6.14. The molecule has 0 spiro atoms. The van der Waals surface area contributed by atoms with Gasteiger partial charge in [-0.25, -0.2) is 0 Å². The lowest BCUT2D eigenvalue weighted by molar-refractivity contribution is -0.385. The van der Waals surface area contributed by atoms with Gasteiger partial charge in [-0.3, -0.25) is 30.3 Å². The molecule has 2 N–H and O–H groups in total. The minimum absolute atomic E-state index is 0.0858. The molecule has 0 unspecified atom stereocenters. The first-order chi connectivity index (χ1) is 14.9. The van der Waals surface area contributed by atoms with E-state index < -0.39 is 39.9 Å². The highest BCUT2D eigenvalue weighted by Crippen LogP contribution is 2.42. The normalized spacial score (nSPS) is 14.0. The molecular weight excluding hydrogens is 587 g/mol. The Bertz CT molecular complexity index is 1200. The van der Waals surface area contributed by atoms with Crippen molar-refractivity contribution in [1.29, 1.82) is 0 Å². The van der Waals surface area contributed by atoms with Gasteiger partial charge in [-0.1, -0.05) is 15.9 Å². The molecule has 14 heteroatoms. The fourth-order valence-corrected chi connectivity index (χ4v) is 4.11. The number of rotatable bonds is 4. The first kappa shape index (κ1) is 23.8. The van der Waals surface area contributed by atoms with E-state index in [0.717, 1.165) is 12.1 Å². The van der Waals surface area contributed by atoms with Crippen LogP contribution in [0.3, 0.4) is 0 Å². The molecule has 1 aliphatic heterocycles. The molecule has 0 aliphatic carbocycles. The zero-order chi connectivity index (χ0) is 23.8. The molecule has 1 fully saturated rings. The van der Waals surface area contributed by atoms with E-state index in [9.17, 15) is 32.9 Å². The summed E-state index contributed by atoms with van der Waals surface area (Å²) in [6, 6.07) is 4.74. The second kappa shape index (κ2) is 8.96. The molecule has 2 amide bonds. The van der Waals surface area contributed by atoms with E-state index in [1.807, 2.05) is 0 Å². The Balaban J connectivity index is 2.12. The van der Waals surface area contributed by atoms with Gasteiger partial charge in [0, 0.05) is 16.1 Å². The summed E-state index contributed by atoms with van der Waals surface area (Å²) in [6.45, 7) is 0. The second-order valence-corrected chi connectivity index (χ2v) is 8.32. The lowest BCUT2D eigenvalue weighted by Crippen LogP contribution is -2.51. The van der Waals surface area contributed by atoms with Crippen molar-refractivity contribution in [3.63, 3.8) is 0 Å². The summed E-state index contributed by atoms with van der Waals surface area (Å²) in [5.74, 6) is -2.15. The third-order valence-corrected chi connectivity index (χ3v) is 5.23. The van der Waals surface area contributed by atoms with E-state index in [1.54, 1.807) is 0 Å². The number of hydrogen-bond donors (Lipinski definition) is 2. The summed E-state index contributed by atoms with van der Waals surface area (Å²) in [5.41, 5.74) is -2.36. The molecule has 2 aromatic carbocycles. The van der Waals surface area contributed by atoms with Gasteiger partial charge in [0.2, 0.25) is 5.75 Å². The van der Waals surface area contributed by atoms with Crippen molar-refractivity contribution in [3.05, 3.63) is 66.1 Å². The molecule has 0 atom stereocenters. The highest BCUT2D eigenvalue weighted by molar-refractivity contribution is 9.11. The number of nitro benzene ring substituents is 1. The monoisotopic (exact) mass is 593 g/mol. The molecule has 0 bridgehead atoms. The molecule has 166 valence electrons. The number of ether oxygens (including phenoxy) is 1. The number of carbonyl (C=O) groups excluding carboxylic acids is 2. The van der Waals surface area contributed by atoms with Crippen molar-refractivity contribution in [2.45, 2.75) is 6.18 Å². The molecule has 1 saturated heterocycles. The van der Waals surface area contributed by atoms with Crippen molar-refractivity contribution >= 4 is 72.8 Å². The Labute approximate surface area is 199 Å². The Morgan fingerprint density at radius 2 is 1.72 bits per heavy atom. The molecule has 0 aromatic heterocycles. The molecular formula is C18H8Br2F3N3O5S. The van der Waals surface area contributed by atoms with Crippen LogP contribution in [0.4, 0.5) is 18.9 Å². The third kappa shape index (κ3) is 5.14. The van der Waals surface area contributed by atoms with Gasteiger partial charge < -0.3 is 4.74 Å². The number of carbonyl (C=O) groups is 2. The summed E-state index contributed by atoms with van der Waals surface area (Å²) < 4.78 is 45.2. The molecule has 3 rings (SSSR count). The van der Waals surface area contributed by atoms with Crippen LogP contribution in [0.5, 0.6) is 11.5 Å². The molecule has 0 saturated carbocycles. The van der Waals surface area contributed by atoms with Crippen LogP contribution in [0.1, 0.15) is 11.1 Å². The number of nitro groups is 1. The average Bonchev–Trinajstić information content (AvgIpc) is 2.66. The van der Waals surface area contributed by atoms with Crippen LogP contribution in [0.25, 0.3) is 6.08 Å². The van der Waals surface area contributed by atoms with Gasteiger partial charge in [-0.15, -0.1) is 0 Å². The van der Waals surface area contributed by atoms with Crippen LogP contribution in [0, 0.1) is 10.1 Å². The number of halogens is 5. The zero-order valence-electron chi connectivity index (χ0n) is 15.3. The molecule has 1 heterocycles. The maximum absolute atomic E-state index is 13.0. The highest BCUT2D eigenvalue weighted by Gasteiger charge is 2.34. The smallest absolute Gasteiger partial charge is 0.416 e. The first-order valence-corrected chi connectivity index (χ1v) is 10.3. The van der Waals surface area contributed by atoms with Gasteiger partial charge in [0.25, 0.3) is 11.8 Å². The van der Waals surface area contributed by atoms with E-state index >= 15 is 0 Å². The Hall–Kier alpha value is -2.84. The van der Waals surface area contributed by atoms with Crippen LogP contribution in [0.2, 0.25) is 0 Å². The van der Waals surface area contributed by atoms with Gasteiger partial charge in [0.05, 0.1) is 15.0 Å². The van der Waals surface area contributed by atoms with Gasteiger partial charge in [-0.2, -0.15) is 13.2 Å². The van der Waals surface area contributed by atoms with Crippen molar-refractivity contribution in [2.75, 3.05) is 0 Å². The standard InChI is InChI=1S/C18H8Br2F3N3O5S/c19-9-3-7(4-10-15(27)24-17(32)25-16(10)28)14(11(20)6-9)31-13-2-1-8(18(21,22)23)5-12(13)26(29)30/h1-6H,(H2,24,25,27,28,32). The van der Waals surface area contributed by atoms with E-state index in [1.165, 1.54) is 12.1 Å². The number of thiocarbonyl (C=S) groups is 1. The fraction of sp³-hybridized carbons (Fsp3) is 0.0556. The summed E-state index contributed by atoms with van der Waals surface area (Å²) >= 11 is 11.2. The zero-order valence-corrected chi connectivity index (χ0v) is 19.2. The molecule has 0 radical (unpaired) electrons. The van der Waals surface area contributed by atoms with Crippen LogP contribution < -0.4 is 15.4 Å². The van der Waals surface area contributed by atoms with Crippen molar-refractivity contribution in [2.24, 2.45) is 0 Å². The van der Waals surface area contributed by atoms with E-state index in [-0.39, 0.29) is 26.5 Å². The number of amides is 2. The maximum Gasteiger partial charge on any atom is 0.416 e. The van der Waals surface area contributed by atoms with Crippen LogP contribution in [-0.2, 0) is 15.8 Å². The van der Waals surface area contributed by atoms with Gasteiger partial charge in [0.15, 0.2) is 5.11 Å². The van der Waals surface area contributed by atoms with E-state index in [2.05, 4.69) is 42.5 Å². The van der Waals surface area contributed by atoms with E-state index in [4.69, 9.17) is 17.0 Å². The predicted octanol–water partition coefficient (Wildman–Crippen LogP) is 4.85. The minimum Gasteiger partial charge on any atom is -0.448 e. The highest BCUT2D eigenvalue weighted by atomic mass is 79.9. The van der Waals surface area contributed by atoms with Crippen molar-refractivity contribution < 1.29 is 32.4 Å². The third-order valence-electron chi connectivity index (χ3n) is 3.98. The summed E-state index contributed by atoms with van der Waals surface area (Å²) in [7, 11) is 0. The summed E-state index contributed by atoms with van der Waals surface area (Å²) in [4.78, 5) is 34.6. The fourth-order valence-electron chi connectivity index (χ4n) is 2.59. The number of nitrogens with one attached hydrogen (secondary N) is 2. The lowest BCUT2D eigenvalue weighted by atomic mass is 10.1. The summed E-state index contributed by atoms with van der Waals surface area (Å²) in [6.07, 6.45) is -3.65. The Morgan fingerprint density at radius 3 is 2.28 bits per heavy atom.